The molecule has 1 heterocycles. The molecule has 0 amide bonds. The van der Waals surface area contributed by atoms with Crippen LogP contribution in [0.1, 0.15) is 5.56 Å². The van der Waals surface area contributed by atoms with Gasteiger partial charge in [-0.15, -0.1) is 0 Å². The third-order valence-electron chi connectivity index (χ3n) is 3.09. The van der Waals surface area contributed by atoms with Crippen molar-refractivity contribution in [3.63, 3.8) is 0 Å². The van der Waals surface area contributed by atoms with Crippen LogP contribution in [0.15, 0.2) is 67.0 Å². The van der Waals surface area contributed by atoms with Crippen molar-refractivity contribution >= 4 is 0 Å². The zero-order valence-corrected chi connectivity index (χ0v) is 10.7. The van der Waals surface area contributed by atoms with Crippen LogP contribution in [-0.4, -0.2) is 9.97 Å². The fourth-order valence-electron chi connectivity index (χ4n) is 2.01. The molecule has 92 valence electrons. The maximum atomic E-state index is 4.25. The second-order valence-corrected chi connectivity index (χ2v) is 4.52. The minimum atomic E-state index is 0.762. The highest BCUT2D eigenvalue weighted by molar-refractivity contribution is 5.67. The first-order chi connectivity index (χ1) is 9.33. The minimum absolute atomic E-state index is 0.762. The van der Waals surface area contributed by atoms with E-state index in [0.29, 0.717) is 0 Å². The number of aromatic nitrogens is 2. The van der Waals surface area contributed by atoms with Gasteiger partial charge in [-0.1, -0.05) is 54.1 Å². The lowest BCUT2D eigenvalue weighted by Crippen LogP contribution is -1.86. The summed E-state index contributed by atoms with van der Waals surface area (Å²) in [6.07, 6.45) is 3.52. The summed E-state index contributed by atoms with van der Waals surface area (Å²) in [5.74, 6) is 0.762. The minimum Gasteiger partial charge on any atom is -0.237 e. The molecule has 0 unspecified atom stereocenters. The molecule has 0 spiro atoms. The van der Waals surface area contributed by atoms with Crippen molar-refractivity contribution in [1.82, 2.24) is 9.97 Å². The topological polar surface area (TPSA) is 25.8 Å². The highest BCUT2D eigenvalue weighted by Gasteiger charge is 2.01. The summed E-state index contributed by atoms with van der Waals surface area (Å²) in [4.78, 5) is 8.50. The normalized spacial score (nSPS) is 10.4. The maximum absolute atomic E-state index is 4.25. The zero-order chi connectivity index (χ0) is 13.1. The first-order valence-corrected chi connectivity index (χ1v) is 6.27. The second-order valence-electron chi connectivity index (χ2n) is 4.52. The summed E-state index contributed by atoms with van der Waals surface area (Å²) in [5, 5.41) is 0. The monoisotopic (exact) mass is 246 g/mol. The van der Waals surface area contributed by atoms with Gasteiger partial charge in [0.05, 0.1) is 0 Å². The molecule has 2 aromatic carbocycles. The van der Waals surface area contributed by atoms with Crippen molar-refractivity contribution in [3.8, 4) is 22.5 Å². The van der Waals surface area contributed by atoms with Crippen molar-refractivity contribution in [3.05, 3.63) is 72.6 Å². The number of nitrogens with zero attached hydrogens (tertiary/aromatic N) is 2. The molecule has 0 N–H and O–H groups in total. The Morgan fingerprint density at radius 1 is 0.632 bits per heavy atom. The summed E-state index contributed by atoms with van der Waals surface area (Å²) in [6, 6.07) is 18.7. The van der Waals surface area contributed by atoms with Gasteiger partial charge >= 0.3 is 0 Å². The first-order valence-electron chi connectivity index (χ1n) is 6.27. The lowest BCUT2D eigenvalue weighted by molar-refractivity contribution is 1.18. The molecule has 0 radical (unpaired) electrons. The van der Waals surface area contributed by atoms with Crippen molar-refractivity contribution in [2.24, 2.45) is 0 Å². The second kappa shape index (κ2) is 5.02. The van der Waals surface area contributed by atoms with Crippen LogP contribution < -0.4 is 0 Å². The molecule has 2 heteroatoms. The number of hydrogen-bond donors (Lipinski definition) is 0. The van der Waals surface area contributed by atoms with Gasteiger partial charge in [-0.3, -0.25) is 0 Å². The van der Waals surface area contributed by atoms with E-state index in [1.807, 2.05) is 6.07 Å². The van der Waals surface area contributed by atoms with Gasteiger partial charge in [0.25, 0.3) is 0 Å². The fraction of sp³-hybridized carbons (Fsp3) is 0.0588. The molecule has 0 fully saturated rings. The van der Waals surface area contributed by atoms with E-state index in [9.17, 15) is 0 Å². The average molecular weight is 246 g/mol. The standard InChI is InChI=1S/C17H14N2/c1-13-3-5-14(6-4-13)15-7-9-16(10-8-15)17-18-11-2-12-19-17/h2-12H,1H3. The summed E-state index contributed by atoms with van der Waals surface area (Å²) in [6.45, 7) is 2.10. The van der Waals surface area contributed by atoms with Crippen LogP contribution in [-0.2, 0) is 0 Å². The van der Waals surface area contributed by atoms with Gasteiger partial charge in [0, 0.05) is 18.0 Å². The van der Waals surface area contributed by atoms with Crippen molar-refractivity contribution in [1.29, 1.82) is 0 Å². The Kier molecular flexibility index (Phi) is 3.07. The molecule has 19 heavy (non-hydrogen) atoms. The van der Waals surface area contributed by atoms with Gasteiger partial charge in [0.1, 0.15) is 0 Å². The number of rotatable bonds is 2. The van der Waals surface area contributed by atoms with Crippen LogP contribution in [0.5, 0.6) is 0 Å². The summed E-state index contributed by atoms with van der Waals surface area (Å²) in [7, 11) is 0. The van der Waals surface area contributed by atoms with Gasteiger partial charge in [0.15, 0.2) is 5.82 Å². The molecule has 0 aliphatic heterocycles. The lowest BCUT2D eigenvalue weighted by Gasteiger charge is -2.04. The molecule has 0 saturated carbocycles. The molecule has 0 saturated heterocycles. The molecule has 0 aliphatic carbocycles. The molecule has 2 nitrogen and oxygen atoms in total. The van der Waals surface area contributed by atoms with Crippen LogP contribution in [0.25, 0.3) is 22.5 Å². The van der Waals surface area contributed by atoms with E-state index in [1.165, 1.54) is 16.7 Å². The Balaban J connectivity index is 1.93. The van der Waals surface area contributed by atoms with Crippen LogP contribution in [0.2, 0.25) is 0 Å². The average Bonchev–Trinajstić information content (AvgIpc) is 2.49. The molecule has 0 bridgehead atoms. The molecule has 3 aromatic rings. The Morgan fingerprint density at radius 3 is 1.68 bits per heavy atom. The van der Waals surface area contributed by atoms with E-state index in [2.05, 4.69) is 65.4 Å². The number of hydrogen-bond acceptors (Lipinski definition) is 2. The summed E-state index contributed by atoms with van der Waals surface area (Å²) < 4.78 is 0. The molecular weight excluding hydrogens is 232 g/mol. The van der Waals surface area contributed by atoms with Gasteiger partial charge < -0.3 is 0 Å². The quantitative estimate of drug-likeness (QED) is 0.679. The van der Waals surface area contributed by atoms with Crippen LogP contribution >= 0.6 is 0 Å². The van der Waals surface area contributed by atoms with Crippen molar-refractivity contribution in [2.75, 3.05) is 0 Å². The van der Waals surface area contributed by atoms with Gasteiger partial charge in [-0.25, -0.2) is 9.97 Å². The van der Waals surface area contributed by atoms with E-state index in [1.54, 1.807) is 12.4 Å². The van der Waals surface area contributed by atoms with E-state index in [-0.39, 0.29) is 0 Å². The molecule has 0 atom stereocenters. The SMILES string of the molecule is Cc1ccc(-c2ccc(-c3ncccn3)cc2)cc1. The highest BCUT2D eigenvalue weighted by atomic mass is 14.8. The largest absolute Gasteiger partial charge is 0.237 e. The summed E-state index contributed by atoms with van der Waals surface area (Å²) >= 11 is 0. The molecule has 1 aromatic heterocycles. The smallest absolute Gasteiger partial charge is 0.159 e. The third-order valence-corrected chi connectivity index (χ3v) is 3.09. The Labute approximate surface area is 112 Å². The van der Waals surface area contributed by atoms with E-state index < -0.39 is 0 Å². The van der Waals surface area contributed by atoms with Crippen LogP contribution in [0, 0.1) is 6.92 Å². The molecular formula is C17H14N2. The van der Waals surface area contributed by atoms with Crippen LogP contribution in [0.4, 0.5) is 0 Å². The van der Waals surface area contributed by atoms with Crippen molar-refractivity contribution in [2.45, 2.75) is 6.92 Å². The highest BCUT2D eigenvalue weighted by Crippen LogP contribution is 2.23. The van der Waals surface area contributed by atoms with Crippen molar-refractivity contribution < 1.29 is 0 Å². The zero-order valence-electron chi connectivity index (χ0n) is 10.7. The van der Waals surface area contributed by atoms with E-state index in [4.69, 9.17) is 0 Å². The molecule has 0 aliphatic rings. The lowest BCUT2D eigenvalue weighted by atomic mass is 10.0. The first kappa shape index (κ1) is 11.6. The number of benzene rings is 2. The Morgan fingerprint density at radius 2 is 1.11 bits per heavy atom. The summed E-state index contributed by atoms with van der Waals surface area (Å²) in [5.41, 5.74) is 4.75. The number of aryl methyl sites for hydroxylation is 1. The Bertz CT molecular complexity index is 656. The van der Waals surface area contributed by atoms with Gasteiger partial charge in [-0.05, 0) is 24.1 Å². The predicted molar refractivity (Wildman–Crippen MR) is 77.6 cm³/mol. The fourth-order valence-corrected chi connectivity index (χ4v) is 2.01. The van der Waals surface area contributed by atoms with E-state index in [0.717, 1.165) is 11.4 Å². The van der Waals surface area contributed by atoms with E-state index >= 15 is 0 Å². The van der Waals surface area contributed by atoms with Crippen LogP contribution in [0.3, 0.4) is 0 Å². The van der Waals surface area contributed by atoms with Gasteiger partial charge in [0.2, 0.25) is 0 Å². The van der Waals surface area contributed by atoms with Gasteiger partial charge in [-0.2, -0.15) is 0 Å². The molecule has 3 rings (SSSR count). The third kappa shape index (κ3) is 2.52. The predicted octanol–water partition coefficient (Wildman–Crippen LogP) is 4.12. The maximum Gasteiger partial charge on any atom is 0.159 e. The Hall–Kier alpha value is -2.48.